The van der Waals surface area contributed by atoms with Gasteiger partial charge in [0.1, 0.15) is 0 Å². The Labute approximate surface area is 157 Å². The van der Waals surface area contributed by atoms with Crippen LogP contribution in [0, 0.1) is 5.41 Å². The van der Waals surface area contributed by atoms with Crippen molar-refractivity contribution in [3.8, 4) is 0 Å². The fraction of sp³-hybridized carbons (Fsp3) is 0.273. The summed E-state index contributed by atoms with van der Waals surface area (Å²) in [5, 5.41) is 4.06. The Morgan fingerprint density at radius 1 is 1.11 bits per heavy atom. The molecule has 2 amide bonds. The maximum absolute atomic E-state index is 13.1. The zero-order valence-corrected chi connectivity index (χ0v) is 14.9. The SMILES string of the molecule is O=C(c1ccc2[nH]ccc2c1)N1CCC2(C1)C(=O)NCC2c1ccccc1. The lowest BCUT2D eigenvalue weighted by Crippen LogP contribution is -2.39. The van der Waals surface area contributed by atoms with Gasteiger partial charge in [-0.25, -0.2) is 0 Å². The first-order chi connectivity index (χ1) is 13.2. The van der Waals surface area contributed by atoms with Crippen molar-refractivity contribution in [2.75, 3.05) is 19.6 Å². The molecular formula is C22H21N3O2. The van der Waals surface area contributed by atoms with Crippen LogP contribution in [0.5, 0.6) is 0 Å². The number of nitrogens with zero attached hydrogens (tertiary/aromatic N) is 1. The van der Waals surface area contributed by atoms with Crippen LogP contribution < -0.4 is 5.32 Å². The molecule has 5 heteroatoms. The van der Waals surface area contributed by atoms with E-state index in [4.69, 9.17) is 0 Å². The van der Waals surface area contributed by atoms with Crippen LogP contribution in [-0.2, 0) is 4.79 Å². The van der Waals surface area contributed by atoms with Gasteiger partial charge in [-0.3, -0.25) is 9.59 Å². The molecule has 0 saturated carbocycles. The first kappa shape index (κ1) is 16.1. The number of fused-ring (bicyclic) bond motifs is 1. The summed E-state index contributed by atoms with van der Waals surface area (Å²) in [6.07, 6.45) is 2.58. The Morgan fingerprint density at radius 2 is 1.96 bits per heavy atom. The Kier molecular flexibility index (Phi) is 3.57. The number of hydrogen-bond donors (Lipinski definition) is 2. The molecule has 1 spiro atoms. The molecule has 3 heterocycles. The minimum absolute atomic E-state index is 0.00138. The van der Waals surface area contributed by atoms with Crippen molar-refractivity contribution in [1.82, 2.24) is 15.2 Å². The number of carbonyl (C=O) groups is 2. The summed E-state index contributed by atoms with van der Waals surface area (Å²) in [6, 6.07) is 17.8. The van der Waals surface area contributed by atoms with Gasteiger partial charge in [0.2, 0.25) is 5.91 Å². The standard InChI is InChI=1S/C22H21N3O2/c26-20(17-6-7-19-16(12-17)8-10-23-19)25-11-9-22(14-25)18(13-24-21(22)27)15-4-2-1-3-5-15/h1-8,10,12,18,23H,9,11,13-14H2,(H,24,27). The van der Waals surface area contributed by atoms with Crippen LogP contribution in [0.2, 0.25) is 0 Å². The molecule has 3 aromatic rings. The number of carbonyl (C=O) groups excluding carboxylic acids is 2. The molecule has 1 aromatic heterocycles. The molecule has 2 aromatic carbocycles. The van der Waals surface area contributed by atoms with Gasteiger partial charge in [-0.2, -0.15) is 0 Å². The third-order valence-electron chi connectivity index (χ3n) is 6.18. The maximum Gasteiger partial charge on any atom is 0.253 e. The van der Waals surface area contributed by atoms with E-state index in [9.17, 15) is 9.59 Å². The normalized spacial score (nSPS) is 24.7. The summed E-state index contributed by atoms with van der Waals surface area (Å²) < 4.78 is 0. The van der Waals surface area contributed by atoms with Crippen molar-refractivity contribution >= 4 is 22.7 Å². The molecule has 0 aliphatic carbocycles. The third-order valence-corrected chi connectivity index (χ3v) is 6.18. The fourth-order valence-electron chi connectivity index (χ4n) is 4.69. The number of aromatic nitrogens is 1. The predicted octanol–water partition coefficient (Wildman–Crippen LogP) is 2.91. The third kappa shape index (κ3) is 2.46. The van der Waals surface area contributed by atoms with Crippen LogP contribution in [0.4, 0.5) is 0 Å². The number of aromatic amines is 1. The van der Waals surface area contributed by atoms with Crippen molar-refractivity contribution in [2.45, 2.75) is 12.3 Å². The van der Waals surface area contributed by atoms with Crippen LogP contribution in [0.15, 0.2) is 60.8 Å². The molecule has 0 radical (unpaired) electrons. The summed E-state index contributed by atoms with van der Waals surface area (Å²) in [7, 11) is 0. The number of nitrogens with one attached hydrogen (secondary N) is 2. The molecule has 2 aliphatic heterocycles. The molecule has 5 nitrogen and oxygen atoms in total. The molecule has 2 fully saturated rings. The average Bonchev–Trinajstić information content (AvgIpc) is 3.42. The van der Waals surface area contributed by atoms with E-state index in [1.807, 2.05) is 53.6 Å². The van der Waals surface area contributed by atoms with Gasteiger partial charge >= 0.3 is 0 Å². The second kappa shape index (κ2) is 5.98. The monoisotopic (exact) mass is 359 g/mol. The van der Waals surface area contributed by atoms with E-state index in [-0.39, 0.29) is 17.7 Å². The van der Waals surface area contributed by atoms with Crippen LogP contribution in [0.3, 0.4) is 0 Å². The smallest absolute Gasteiger partial charge is 0.253 e. The first-order valence-electron chi connectivity index (χ1n) is 9.37. The lowest BCUT2D eigenvalue weighted by molar-refractivity contribution is -0.127. The zero-order chi connectivity index (χ0) is 18.4. The number of rotatable bonds is 2. The molecular weight excluding hydrogens is 338 g/mol. The highest BCUT2D eigenvalue weighted by Crippen LogP contribution is 2.47. The molecule has 0 bridgehead atoms. The van der Waals surface area contributed by atoms with E-state index >= 15 is 0 Å². The molecule has 2 N–H and O–H groups in total. The molecule has 2 unspecified atom stereocenters. The van der Waals surface area contributed by atoms with E-state index in [0.717, 1.165) is 10.9 Å². The quantitative estimate of drug-likeness (QED) is 0.739. The summed E-state index contributed by atoms with van der Waals surface area (Å²) >= 11 is 0. The second-order valence-corrected chi connectivity index (χ2v) is 7.59. The molecule has 2 saturated heterocycles. The van der Waals surface area contributed by atoms with Gasteiger partial charge in [0.05, 0.1) is 5.41 Å². The lowest BCUT2D eigenvalue weighted by Gasteiger charge is -2.28. The molecule has 136 valence electrons. The Bertz CT molecular complexity index is 1030. The maximum atomic E-state index is 13.1. The van der Waals surface area contributed by atoms with Crippen molar-refractivity contribution < 1.29 is 9.59 Å². The minimum Gasteiger partial charge on any atom is -0.361 e. The summed E-state index contributed by atoms with van der Waals surface area (Å²) in [4.78, 5) is 30.8. The number of likely N-dealkylation sites (tertiary alicyclic amines) is 1. The van der Waals surface area contributed by atoms with Crippen LogP contribution >= 0.6 is 0 Å². The number of H-pyrrole nitrogens is 1. The van der Waals surface area contributed by atoms with Gasteiger partial charge < -0.3 is 15.2 Å². The van der Waals surface area contributed by atoms with E-state index in [1.165, 1.54) is 5.56 Å². The van der Waals surface area contributed by atoms with Gasteiger partial charge in [0, 0.05) is 48.2 Å². The van der Waals surface area contributed by atoms with E-state index in [1.54, 1.807) is 0 Å². The summed E-state index contributed by atoms with van der Waals surface area (Å²) in [5.74, 6) is 0.186. The molecule has 2 atom stereocenters. The van der Waals surface area contributed by atoms with Gasteiger partial charge in [0.15, 0.2) is 0 Å². The van der Waals surface area contributed by atoms with Gasteiger partial charge in [-0.1, -0.05) is 30.3 Å². The van der Waals surface area contributed by atoms with Gasteiger partial charge in [-0.05, 0) is 36.2 Å². The van der Waals surface area contributed by atoms with Crippen molar-refractivity contribution in [3.05, 3.63) is 71.9 Å². The van der Waals surface area contributed by atoms with Gasteiger partial charge in [0.25, 0.3) is 5.91 Å². The highest BCUT2D eigenvalue weighted by atomic mass is 16.2. The Balaban J connectivity index is 1.43. The number of amides is 2. The Hall–Kier alpha value is -3.08. The highest BCUT2D eigenvalue weighted by Gasteiger charge is 2.55. The van der Waals surface area contributed by atoms with Crippen LogP contribution in [0.1, 0.15) is 28.3 Å². The van der Waals surface area contributed by atoms with Gasteiger partial charge in [-0.15, -0.1) is 0 Å². The van der Waals surface area contributed by atoms with Crippen molar-refractivity contribution in [3.63, 3.8) is 0 Å². The van der Waals surface area contributed by atoms with Crippen molar-refractivity contribution in [1.29, 1.82) is 0 Å². The van der Waals surface area contributed by atoms with E-state index in [0.29, 0.717) is 31.6 Å². The molecule has 2 aliphatic rings. The van der Waals surface area contributed by atoms with Crippen LogP contribution in [0.25, 0.3) is 10.9 Å². The number of benzene rings is 2. The lowest BCUT2D eigenvalue weighted by atomic mass is 9.73. The van der Waals surface area contributed by atoms with Crippen molar-refractivity contribution in [2.24, 2.45) is 5.41 Å². The minimum atomic E-state index is -0.519. The largest absolute Gasteiger partial charge is 0.361 e. The topological polar surface area (TPSA) is 65.2 Å². The first-order valence-corrected chi connectivity index (χ1v) is 9.37. The highest BCUT2D eigenvalue weighted by molar-refractivity contribution is 5.99. The average molecular weight is 359 g/mol. The Morgan fingerprint density at radius 3 is 2.81 bits per heavy atom. The van der Waals surface area contributed by atoms with E-state index < -0.39 is 5.41 Å². The zero-order valence-electron chi connectivity index (χ0n) is 14.9. The second-order valence-electron chi connectivity index (χ2n) is 7.59. The fourth-order valence-corrected chi connectivity index (χ4v) is 4.69. The van der Waals surface area contributed by atoms with Crippen LogP contribution in [-0.4, -0.2) is 41.3 Å². The molecule has 27 heavy (non-hydrogen) atoms. The predicted molar refractivity (Wildman–Crippen MR) is 103 cm³/mol. The summed E-state index contributed by atoms with van der Waals surface area (Å²) in [6.45, 7) is 1.73. The molecule has 5 rings (SSSR count). The summed E-state index contributed by atoms with van der Waals surface area (Å²) in [5.41, 5.74) is 2.34. The van der Waals surface area contributed by atoms with E-state index in [2.05, 4.69) is 22.4 Å². The number of hydrogen-bond acceptors (Lipinski definition) is 2.